The second-order valence-corrected chi connectivity index (χ2v) is 10.9. The molecule has 12 nitrogen and oxygen atoms in total. The summed E-state index contributed by atoms with van der Waals surface area (Å²) in [6.07, 6.45) is 2.62. The molecule has 1 aliphatic rings. The third-order valence-electron chi connectivity index (χ3n) is 7.72. The molecular weight excluding hydrogens is 571 g/mol. The Kier molecular flexibility index (Phi) is 8.65. The number of hydrogen-bond acceptors (Lipinski definition) is 9. The highest BCUT2D eigenvalue weighted by Crippen LogP contribution is 2.48. The predicted molar refractivity (Wildman–Crippen MR) is 156 cm³/mol. The number of aromatic nitrogens is 4. The number of hydrogen-bond donors (Lipinski definition) is 2. The van der Waals surface area contributed by atoms with Crippen molar-refractivity contribution in [2.45, 2.75) is 51.1 Å². The molecule has 0 aliphatic heterocycles. The Bertz CT molecular complexity index is 1730. The van der Waals surface area contributed by atoms with Crippen LogP contribution in [0.25, 0.3) is 11.4 Å². The van der Waals surface area contributed by atoms with Gasteiger partial charge in [-0.3, -0.25) is 24.3 Å². The lowest BCUT2D eigenvalue weighted by Gasteiger charge is -2.39. The highest BCUT2D eigenvalue weighted by molar-refractivity contribution is 5.98. The minimum atomic E-state index is -1.06. The second-order valence-electron chi connectivity index (χ2n) is 10.9. The Hall–Kier alpha value is -5.20. The maximum atomic E-state index is 13.6. The molecule has 13 heteroatoms. The molecule has 2 amide bonds. The lowest BCUT2D eigenvalue weighted by Crippen LogP contribution is -2.46. The highest BCUT2D eigenvalue weighted by atomic mass is 19.1. The van der Waals surface area contributed by atoms with Crippen LogP contribution in [0.1, 0.15) is 55.2 Å². The minimum absolute atomic E-state index is 0.182. The number of benzene rings is 2. The summed E-state index contributed by atoms with van der Waals surface area (Å²) in [4.78, 5) is 56.3. The van der Waals surface area contributed by atoms with E-state index in [9.17, 15) is 23.6 Å². The number of ketones is 1. The number of rotatable bonds is 10. The van der Waals surface area contributed by atoms with Gasteiger partial charge in [-0.25, -0.2) is 14.2 Å². The first-order chi connectivity index (χ1) is 21.1. The summed E-state index contributed by atoms with van der Waals surface area (Å²) in [5, 5.41) is 13.2. The number of nitrogens with one attached hydrogen (secondary N) is 2. The van der Waals surface area contributed by atoms with E-state index in [1.807, 2.05) is 0 Å². The van der Waals surface area contributed by atoms with Gasteiger partial charge in [0.2, 0.25) is 17.6 Å². The Balaban J connectivity index is 1.39. The quantitative estimate of drug-likeness (QED) is 0.255. The maximum Gasteiger partial charge on any atom is 0.411 e. The third kappa shape index (κ3) is 5.98. The van der Waals surface area contributed by atoms with Gasteiger partial charge in [0.15, 0.2) is 0 Å². The van der Waals surface area contributed by atoms with Gasteiger partial charge < -0.3 is 14.5 Å². The molecular formula is C31H31FN6O6. The van der Waals surface area contributed by atoms with Gasteiger partial charge in [0.25, 0.3) is 11.4 Å². The summed E-state index contributed by atoms with van der Waals surface area (Å²) in [6, 6.07) is 13.8. The summed E-state index contributed by atoms with van der Waals surface area (Å²) in [5.74, 6) is -1.81. The van der Waals surface area contributed by atoms with E-state index in [2.05, 4.69) is 30.6 Å². The summed E-state index contributed by atoms with van der Waals surface area (Å²) in [6.45, 7) is 2.98. The van der Waals surface area contributed by atoms with Gasteiger partial charge in [0.05, 0.1) is 24.8 Å². The number of halogens is 1. The van der Waals surface area contributed by atoms with Gasteiger partial charge in [-0.15, -0.1) is 10.2 Å². The molecule has 1 atom stereocenters. The van der Waals surface area contributed by atoms with Gasteiger partial charge in [0.1, 0.15) is 23.9 Å². The summed E-state index contributed by atoms with van der Waals surface area (Å²) in [7, 11) is 1.15. The summed E-state index contributed by atoms with van der Waals surface area (Å²) >= 11 is 0. The van der Waals surface area contributed by atoms with Crippen LogP contribution in [0.2, 0.25) is 0 Å². The molecule has 2 aromatic carbocycles. The van der Waals surface area contributed by atoms with Crippen molar-refractivity contribution in [1.82, 2.24) is 25.1 Å². The molecule has 5 rings (SSSR count). The van der Waals surface area contributed by atoms with E-state index >= 15 is 0 Å². The fraction of sp³-hybridized carbons (Fsp3) is 0.323. The fourth-order valence-corrected chi connectivity index (χ4v) is 5.18. The average molecular weight is 603 g/mol. The first kappa shape index (κ1) is 30.3. The van der Waals surface area contributed by atoms with Crippen LogP contribution in [-0.4, -0.2) is 50.7 Å². The number of ether oxygens (including phenoxy) is 1. The number of carbonyl (C=O) groups excluding carboxylic acids is 3. The van der Waals surface area contributed by atoms with E-state index in [1.54, 1.807) is 56.3 Å². The minimum Gasteiger partial charge on any atom is -0.453 e. The van der Waals surface area contributed by atoms with Crippen LogP contribution >= 0.6 is 0 Å². The van der Waals surface area contributed by atoms with Crippen molar-refractivity contribution >= 4 is 23.5 Å². The topological polar surface area (TPSA) is 158 Å². The Morgan fingerprint density at radius 1 is 1.07 bits per heavy atom. The lowest BCUT2D eigenvalue weighted by molar-refractivity contribution is -0.122. The van der Waals surface area contributed by atoms with Crippen molar-refractivity contribution in [3.8, 4) is 11.4 Å². The van der Waals surface area contributed by atoms with Crippen molar-refractivity contribution in [3.05, 3.63) is 94.3 Å². The van der Waals surface area contributed by atoms with Crippen molar-refractivity contribution in [1.29, 1.82) is 0 Å². The van der Waals surface area contributed by atoms with Gasteiger partial charge in [-0.1, -0.05) is 62.7 Å². The van der Waals surface area contributed by atoms with Gasteiger partial charge in [-0.2, -0.15) is 0 Å². The molecule has 2 aromatic heterocycles. The van der Waals surface area contributed by atoms with Crippen molar-refractivity contribution in [2.75, 3.05) is 12.4 Å². The zero-order chi connectivity index (χ0) is 31.4. The summed E-state index contributed by atoms with van der Waals surface area (Å²) < 4.78 is 25.1. The van der Waals surface area contributed by atoms with E-state index in [0.717, 1.165) is 23.7 Å². The molecule has 2 heterocycles. The molecule has 0 bridgehead atoms. The van der Waals surface area contributed by atoms with Gasteiger partial charge in [-0.05, 0) is 36.5 Å². The van der Waals surface area contributed by atoms with E-state index in [4.69, 9.17) is 4.42 Å². The van der Waals surface area contributed by atoms with Crippen LogP contribution in [-0.2, 0) is 21.5 Å². The van der Waals surface area contributed by atoms with Crippen molar-refractivity contribution in [2.24, 2.45) is 5.92 Å². The normalized spacial score (nSPS) is 14.4. The van der Waals surface area contributed by atoms with E-state index in [1.165, 1.54) is 18.3 Å². The molecule has 1 saturated carbocycles. The van der Waals surface area contributed by atoms with Gasteiger partial charge >= 0.3 is 6.09 Å². The third-order valence-corrected chi connectivity index (χ3v) is 7.72. The monoisotopic (exact) mass is 602 g/mol. The van der Waals surface area contributed by atoms with E-state index in [0.29, 0.717) is 18.4 Å². The molecule has 4 aromatic rings. The van der Waals surface area contributed by atoms with Crippen LogP contribution in [0.4, 0.5) is 14.9 Å². The maximum absolute atomic E-state index is 13.6. The SMILES string of the molecule is COC(=O)Nc1cnc(-c2ccccc2)n(CC(=O)NC(C(=O)c2nnc(C3(c4ccc(F)cc4)CCC3)o2)C(C)C)c1=O. The van der Waals surface area contributed by atoms with Crippen molar-refractivity contribution in [3.63, 3.8) is 0 Å². The fourth-order valence-electron chi connectivity index (χ4n) is 5.18. The number of anilines is 1. The summed E-state index contributed by atoms with van der Waals surface area (Å²) in [5.41, 5.74) is -0.118. The zero-order valence-electron chi connectivity index (χ0n) is 24.4. The molecule has 0 saturated heterocycles. The van der Waals surface area contributed by atoms with E-state index < -0.39 is 41.3 Å². The lowest BCUT2D eigenvalue weighted by atomic mass is 9.64. The van der Waals surface area contributed by atoms with Crippen molar-refractivity contribution < 1.29 is 27.9 Å². The van der Waals surface area contributed by atoms with Gasteiger partial charge in [0, 0.05) is 5.56 Å². The van der Waals surface area contributed by atoms with Crippen LogP contribution < -0.4 is 16.2 Å². The molecule has 1 fully saturated rings. The molecule has 0 radical (unpaired) electrons. The molecule has 2 N–H and O–H groups in total. The first-order valence-corrected chi connectivity index (χ1v) is 14.1. The smallest absolute Gasteiger partial charge is 0.411 e. The molecule has 1 unspecified atom stereocenters. The highest BCUT2D eigenvalue weighted by Gasteiger charge is 2.46. The zero-order valence-corrected chi connectivity index (χ0v) is 24.4. The van der Waals surface area contributed by atoms with E-state index in [-0.39, 0.29) is 35.0 Å². The first-order valence-electron chi connectivity index (χ1n) is 14.1. The number of amides is 2. The second kappa shape index (κ2) is 12.6. The number of nitrogens with zero attached hydrogens (tertiary/aromatic N) is 4. The largest absolute Gasteiger partial charge is 0.453 e. The molecule has 1 aliphatic carbocycles. The number of carbonyl (C=O) groups is 3. The molecule has 0 spiro atoms. The Morgan fingerprint density at radius 3 is 2.39 bits per heavy atom. The predicted octanol–water partition coefficient (Wildman–Crippen LogP) is 4.10. The molecule has 44 heavy (non-hydrogen) atoms. The Morgan fingerprint density at radius 2 is 1.77 bits per heavy atom. The van der Waals surface area contributed by atoms with Crippen LogP contribution in [0.3, 0.4) is 0 Å². The average Bonchev–Trinajstić information content (AvgIpc) is 3.48. The van der Waals surface area contributed by atoms with Crippen LogP contribution in [0.5, 0.6) is 0 Å². The number of methoxy groups -OCH3 is 1. The van der Waals surface area contributed by atoms with Crippen LogP contribution in [0.15, 0.2) is 70.0 Å². The molecule has 228 valence electrons. The Labute approximate surface area is 251 Å². The number of Topliss-reactive ketones (excluding diaryl/α,β-unsaturated/α-hetero) is 1. The standard InChI is InChI=1S/C31H31FN6O6/c1-18(2)24(25(40)27-36-37-29(44-27)31(14-7-15-31)20-10-12-21(32)13-11-20)35-23(39)17-38-26(19-8-5-4-6-9-19)33-16-22(28(38)41)34-30(42)43-3/h4-6,8-13,16,18,24H,7,14-15,17H2,1-3H3,(H,34,42)(H,35,39). The van der Waals surface area contributed by atoms with Crippen LogP contribution in [0, 0.1) is 11.7 Å².